The lowest BCUT2D eigenvalue weighted by molar-refractivity contribution is 0.951. The minimum atomic E-state index is 0.995. The van der Waals surface area contributed by atoms with Crippen molar-refractivity contribution in [1.29, 1.82) is 0 Å². The van der Waals surface area contributed by atoms with Crippen LogP contribution in [0.15, 0.2) is 16.6 Å². The number of aliphatic imine (C=N–C) groups is 1. The molecule has 1 aromatic rings. The summed E-state index contributed by atoms with van der Waals surface area (Å²) < 4.78 is 0. The second-order valence-corrected chi connectivity index (χ2v) is 3.16. The molecule has 10 heavy (non-hydrogen) atoms. The van der Waals surface area contributed by atoms with Crippen molar-refractivity contribution in [3.63, 3.8) is 0 Å². The smallest absolute Gasteiger partial charge is 0.137 e. The van der Waals surface area contributed by atoms with Gasteiger partial charge >= 0.3 is 0 Å². The standard InChI is InChI=1S/C7H8N2S/c1-2-6(8-3-1)7-9-4-5-10-7/h4-5H,1-3H2. The molecule has 0 amide bonds. The SMILES string of the molecule is c1csc(C2=NCCC2)n1. The van der Waals surface area contributed by atoms with Crippen LogP contribution in [0.3, 0.4) is 0 Å². The van der Waals surface area contributed by atoms with Gasteiger partial charge in [0.15, 0.2) is 0 Å². The van der Waals surface area contributed by atoms with Crippen molar-refractivity contribution < 1.29 is 0 Å². The molecule has 0 aliphatic carbocycles. The third-order valence-electron chi connectivity index (χ3n) is 1.55. The predicted octanol–water partition coefficient (Wildman–Crippen LogP) is 1.73. The van der Waals surface area contributed by atoms with E-state index >= 15 is 0 Å². The predicted molar refractivity (Wildman–Crippen MR) is 42.8 cm³/mol. The van der Waals surface area contributed by atoms with Crippen LogP contribution in [-0.4, -0.2) is 17.2 Å². The van der Waals surface area contributed by atoms with Crippen LogP contribution in [0.1, 0.15) is 17.8 Å². The maximum atomic E-state index is 4.34. The van der Waals surface area contributed by atoms with Crippen molar-refractivity contribution >= 4 is 17.0 Å². The number of aromatic nitrogens is 1. The highest BCUT2D eigenvalue weighted by atomic mass is 32.1. The van der Waals surface area contributed by atoms with E-state index in [4.69, 9.17) is 0 Å². The third-order valence-corrected chi connectivity index (χ3v) is 2.38. The van der Waals surface area contributed by atoms with E-state index in [1.54, 1.807) is 11.3 Å². The molecule has 0 bridgehead atoms. The van der Waals surface area contributed by atoms with Crippen molar-refractivity contribution in [3.8, 4) is 0 Å². The van der Waals surface area contributed by atoms with E-state index in [2.05, 4.69) is 9.98 Å². The molecule has 0 fully saturated rings. The van der Waals surface area contributed by atoms with Gasteiger partial charge in [0, 0.05) is 18.1 Å². The number of hydrogen-bond donors (Lipinski definition) is 0. The molecule has 1 aliphatic heterocycles. The van der Waals surface area contributed by atoms with Crippen LogP contribution in [-0.2, 0) is 0 Å². The van der Waals surface area contributed by atoms with Crippen LogP contribution >= 0.6 is 11.3 Å². The quantitative estimate of drug-likeness (QED) is 0.601. The van der Waals surface area contributed by atoms with Gasteiger partial charge in [-0.25, -0.2) is 4.98 Å². The molecule has 1 aromatic heterocycles. The Morgan fingerprint density at radius 1 is 1.50 bits per heavy atom. The largest absolute Gasteiger partial charge is 0.287 e. The van der Waals surface area contributed by atoms with Gasteiger partial charge in [-0.1, -0.05) is 0 Å². The number of nitrogens with zero attached hydrogens (tertiary/aromatic N) is 2. The minimum Gasteiger partial charge on any atom is -0.287 e. The minimum absolute atomic E-state index is 0.995. The van der Waals surface area contributed by atoms with Crippen LogP contribution < -0.4 is 0 Å². The van der Waals surface area contributed by atoms with Gasteiger partial charge in [-0.15, -0.1) is 11.3 Å². The van der Waals surface area contributed by atoms with Gasteiger partial charge in [-0.2, -0.15) is 0 Å². The molecule has 0 saturated heterocycles. The van der Waals surface area contributed by atoms with Gasteiger partial charge < -0.3 is 0 Å². The molecule has 0 spiro atoms. The summed E-state index contributed by atoms with van der Waals surface area (Å²) in [5.74, 6) is 0. The maximum Gasteiger partial charge on any atom is 0.137 e. The zero-order valence-corrected chi connectivity index (χ0v) is 6.40. The van der Waals surface area contributed by atoms with Crippen LogP contribution in [0.4, 0.5) is 0 Å². The van der Waals surface area contributed by atoms with Crippen LogP contribution in [0.25, 0.3) is 0 Å². The first-order valence-electron chi connectivity index (χ1n) is 3.40. The first-order chi connectivity index (χ1) is 4.97. The topological polar surface area (TPSA) is 25.2 Å². The molecule has 0 aromatic carbocycles. The summed E-state index contributed by atoms with van der Waals surface area (Å²) in [5, 5.41) is 3.11. The van der Waals surface area contributed by atoms with Gasteiger partial charge in [0.25, 0.3) is 0 Å². The Balaban J connectivity index is 2.28. The fourth-order valence-corrected chi connectivity index (χ4v) is 1.76. The summed E-state index contributed by atoms with van der Waals surface area (Å²) in [6.07, 6.45) is 4.16. The summed E-state index contributed by atoms with van der Waals surface area (Å²) in [6.45, 7) is 0.995. The molecule has 0 N–H and O–H groups in total. The summed E-state index contributed by atoms with van der Waals surface area (Å²) >= 11 is 1.68. The van der Waals surface area contributed by atoms with Crippen LogP contribution in [0.2, 0.25) is 0 Å². The van der Waals surface area contributed by atoms with Crippen molar-refractivity contribution in [2.45, 2.75) is 12.8 Å². The van der Waals surface area contributed by atoms with E-state index in [0.717, 1.165) is 18.0 Å². The highest BCUT2D eigenvalue weighted by Crippen LogP contribution is 2.14. The lowest BCUT2D eigenvalue weighted by atomic mass is 10.3. The molecule has 0 saturated carbocycles. The Hall–Kier alpha value is -0.700. The Morgan fingerprint density at radius 3 is 3.10 bits per heavy atom. The van der Waals surface area contributed by atoms with Crippen molar-refractivity contribution in [1.82, 2.24) is 4.98 Å². The average Bonchev–Trinajstić information content (AvgIpc) is 2.59. The van der Waals surface area contributed by atoms with E-state index in [1.165, 1.54) is 12.1 Å². The van der Waals surface area contributed by atoms with Crippen molar-refractivity contribution in [2.75, 3.05) is 6.54 Å². The van der Waals surface area contributed by atoms with Gasteiger partial charge in [0.05, 0.1) is 5.71 Å². The highest BCUT2D eigenvalue weighted by molar-refractivity contribution is 7.11. The first-order valence-corrected chi connectivity index (χ1v) is 4.28. The Morgan fingerprint density at radius 2 is 2.50 bits per heavy atom. The second-order valence-electron chi connectivity index (χ2n) is 2.27. The average molecular weight is 152 g/mol. The zero-order valence-electron chi connectivity index (χ0n) is 5.58. The van der Waals surface area contributed by atoms with Crippen molar-refractivity contribution in [3.05, 3.63) is 16.6 Å². The highest BCUT2D eigenvalue weighted by Gasteiger charge is 2.09. The molecule has 0 unspecified atom stereocenters. The summed E-state index contributed by atoms with van der Waals surface area (Å²) in [5.41, 5.74) is 1.20. The molecule has 1 aliphatic rings. The summed E-state index contributed by atoms with van der Waals surface area (Å²) in [6, 6.07) is 0. The first kappa shape index (κ1) is 6.04. The Bertz CT molecular complexity index is 238. The van der Waals surface area contributed by atoms with E-state index in [-0.39, 0.29) is 0 Å². The molecule has 3 heteroatoms. The monoisotopic (exact) mass is 152 g/mol. The molecule has 52 valence electrons. The van der Waals surface area contributed by atoms with E-state index in [9.17, 15) is 0 Å². The van der Waals surface area contributed by atoms with Gasteiger partial charge in [0.1, 0.15) is 5.01 Å². The zero-order chi connectivity index (χ0) is 6.81. The van der Waals surface area contributed by atoms with E-state index in [0.29, 0.717) is 0 Å². The molecule has 2 heterocycles. The van der Waals surface area contributed by atoms with Gasteiger partial charge in [-0.3, -0.25) is 4.99 Å². The molecule has 0 radical (unpaired) electrons. The lowest BCUT2D eigenvalue weighted by Crippen LogP contribution is -1.93. The van der Waals surface area contributed by atoms with Gasteiger partial charge in [0.2, 0.25) is 0 Å². The third kappa shape index (κ3) is 0.968. The number of rotatable bonds is 1. The number of thiazole rings is 1. The normalized spacial score (nSPS) is 17.4. The molecule has 2 nitrogen and oxygen atoms in total. The van der Waals surface area contributed by atoms with E-state index in [1.807, 2.05) is 11.6 Å². The lowest BCUT2D eigenvalue weighted by Gasteiger charge is -1.89. The fraction of sp³-hybridized carbons (Fsp3) is 0.429. The van der Waals surface area contributed by atoms with Crippen LogP contribution in [0.5, 0.6) is 0 Å². The molecular formula is C7H8N2S. The van der Waals surface area contributed by atoms with Crippen molar-refractivity contribution in [2.24, 2.45) is 4.99 Å². The van der Waals surface area contributed by atoms with E-state index < -0.39 is 0 Å². The Kier molecular flexibility index (Phi) is 1.51. The molecule has 2 rings (SSSR count). The molecule has 0 atom stereocenters. The maximum absolute atomic E-state index is 4.34. The van der Waals surface area contributed by atoms with Crippen LogP contribution in [0, 0.1) is 0 Å². The number of hydrogen-bond acceptors (Lipinski definition) is 3. The fourth-order valence-electron chi connectivity index (χ4n) is 1.08. The summed E-state index contributed by atoms with van der Waals surface area (Å²) in [4.78, 5) is 8.53. The Labute approximate surface area is 63.6 Å². The molecular weight excluding hydrogens is 144 g/mol. The second kappa shape index (κ2) is 2.50. The van der Waals surface area contributed by atoms with Gasteiger partial charge in [-0.05, 0) is 12.8 Å². The summed E-state index contributed by atoms with van der Waals surface area (Å²) in [7, 11) is 0.